The Balaban J connectivity index is 1.85. The quantitative estimate of drug-likeness (QED) is 0.600. The Bertz CT molecular complexity index is 1100. The highest BCUT2D eigenvalue weighted by Crippen LogP contribution is 2.23. The van der Waals surface area contributed by atoms with Crippen LogP contribution in [0, 0.1) is 11.6 Å². The molecule has 0 bridgehead atoms. The van der Waals surface area contributed by atoms with E-state index >= 15 is 0 Å². The van der Waals surface area contributed by atoms with Crippen molar-refractivity contribution in [2.45, 2.75) is 6.42 Å². The number of aromatic nitrogens is 5. The van der Waals surface area contributed by atoms with Crippen LogP contribution >= 0.6 is 0 Å². The SMILES string of the molecule is O=c1[nH]c(Cc2c(F)cccc2F)nc2c(-c3cccnc3)n[nH]c12. The Morgan fingerprint density at radius 3 is 2.60 bits per heavy atom. The van der Waals surface area contributed by atoms with E-state index in [0.29, 0.717) is 16.8 Å². The zero-order valence-electron chi connectivity index (χ0n) is 12.8. The summed E-state index contributed by atoms with van der Waals surface area (Å²) < 4.78 is 27.7. The van der Waals surface area contributed by atoms with Crippen LogP contribution in [0.1, 0.15) is 11.4 Å². The number of halogens is 2. The molecule has 3 aromatic heterocycles. The molecule has 8 heteroatoms. The highest BCUT2D eigenvalue weighted by molar-refractivity contribution is 5.88. The van der Waals surface area contributed by atoms with Crippen molar-refractivity contribution in [3.63, 3.8) is 0 Å². The molecular weight excluding hydrogens is 328 g/mol. The average molecular weight is 339 g/mol. The number of fused-ring (bicyclic) bond motifs is 1. The van der Waals surface area contributed by atoms with Crippen molar-refractivity contribution in [2.24, 2.45) is 0 Å². The molecular formula is C17H11F2N5O. The Kier molecular flexibility index (Phi) is 3.57. The summed E-state index contributed by atoms with van der Waals surface area (Å²) in [5.41, 5.74) is 1.02. The first kappa shape index (κ1) is 15.1. The average Bonchev–Trinajstić information content (AvgIpc) is 3.04. The molecule has 124 valence electrons. The third-order valence-electron chi connectivity index (χ3n) is 3.81. The van der Waals surface area contributed by atoms with Gasteiger partial charge in [-0.15, -0.1) is 0 Å². The van der Waals surface area contributed by atoms with Gasteiger partial charge in [0.15, 0.2) is 0 Å². The lowest BCUT2D eigenvalue weighted by molar-refractivity contribution is 0.559. The lowest BCUT2D eigenvalue weighted by Gasteiger charge is -2.05. The molecule has 0 aliphatic heterocycles. The summed E-state index contributed by atoms with van der Waals surface area (Å²) in [7, 11) is 0. The molecule has 0 saturated heterocycles. The molecule has 2 N–H and O–H groups in total. The molecule has 0 spiro atoms. The van der Waals surface area contributed by atoms with Gasteiger partial charge in [0.2, 0.25) is 0 Å². The minimum atomic E-state index is -0.692. The number of nitrogens with zero attached hydrogens (tertiary/aromatic N) is 3. The summed E-state index contributed by atoms with van der Waals surface area (Å²) in [4.78, 5) is 23.1. The van der Waals surface area contributed by atoms with E-state index in [9.17, 15) is 13.6 Å². The predicted octanol–water partition coefficient (Wildman–Crippen LogP) is 2.58. The van der Waals surface area contributed by atoms with Gasteiger partial charge in [0.05, 0.1) is 0 Å². The molecule has 0 amide bonds. The van der Waals surface area contributed by atoms with Crippen molar-refractivity contribution in [3.8, 4) is 11.3 Å². The van der Waals surface area contributed by atoms with Crippen LogP contribution in [0.3, 0.4) is 0 Å². The smallest absolute Gasteiger partial charge is 0.276 e. The van der Waals surface area contributed by atoms with Gasteiger partial charge in [0.1, 0.15) is 34.2 Å². The van der Waals surface area contributed by atoms with Crippen LogP contribution in [-0.2, 0) is 6.42 Å². The fraction of sp³-hybridized carbons (Fsp3) is 0.0588. The van der Waals surface area contributed by atoms with Crippen LogP contribution in [0.25, 0.3) is 22.3 Å². The minimum Gasteiger partial charge on any atom is -0.308 e. The van der Waals surface area contributed by atoms with E-state index in [1.54, 1.807) is 24.5 Å². The highest BCUT2D eigenvalue weighted by atomic mass is 19.1. The van der Waals surface area contributed by atoms with Gasteiger partial charge in [0, 0.05) is 29.9 Å². The molecule has 25 heavy (non-hydrogen) atoms. The minimum absolute atomic E-state index is 0.146. The van der Waals surface area contributed by atoms with Crippen molar-refractivity contribution in [1.29, 1.82) is 0 Å². The molecule has 0 aliphatic rings. The molecule has 0 saturated carbocycles. The van der Waals surface area contributed by atoms with Crippen LogP contribution in [0.2, 0.25) is 0 Å². The number of nitrogens with one attached hydrogen (secondary N) is 2. The standard InChI is InChI=1S/C17H11F2N5O/c18-11-4-1-5-12(19)10(11)7-13-21-15-14(9-3-2-6-20-8-9)23-24-16(15)17(25)22-13/h1-6,8H,7H2,(H,23,24)(H,21,22,25). The molecule has 0 unspecified atom stereocenters. The molecule has 0 fully saturated rings. The van der Waals surface area contributed by atoms with E-state index < -0.39 is 17.2 Å². The summed E-state index contributed by atoms with van der Waals surface area (Å²) in [5, 5.41) is 6.75. The number of rotatable bonds is 3. The van der Waals surface area contributed by atoms with Crippen LogP contribution in [0.5, 0.6) is 0 Å². The second-order valence-electron chi connectivity index (χ2n) is 5.43. The van der Waals surface area contributed by atoms with E-state index in [-0.39, 0.29) is 23.3 Å². The van der Waals surface area contributed by atoms with Crippen molar-refractivity contribution in [3.05, 3.63) is 76.1 Å². The number of H-pyrrole nitrogens is 2. The Labute approximate surface area is 139 Å². The summed E-state index contributed by atoms with van der Waals surface area (Å²) in [6.07, 6.45) is 3.03. The van der Waals surface area contributed by atoms with E-state index in [0.717, 1.165) is 12.1 Å². The van der Waals surface area contributed by atoms with Crippen LogP contribution in [0.15, 0.2) is 47.5 Å². The third kappa shape index (κ3) is 2.67. The van der Waals surface area contributed by atoms with Gasteiger partial charge in [0.25, 0.3) is 5.56 Å². The number of aromatic amines is 2. The van der Waals surface area contributed by atoms with Crippen LogP contribution < -0.4 is 5.56 Å². The molecule has 0 radical (unpaired) electrons. The van der Waals surface area contributed by atoms with Gasteiger partial charge in [-0.2, -0.15) is 5.10 Å². The third-order valence-corrected chi connectivity index (χ3v) is 3.81. The van der Waals surface area contributed by atoms with Gasteiger partial charge < -0.3 is 4.98 Å². The first-order valence-electron chi connectivity index (χ1n) is 7.44. The Hall–Kier alpha value is -3.42. The first-order chi connectivity index (χ1) is 12.1. The van der Waals surface area contributed by atoms with E-state index in [1.807, 2.05) is 0 Å². The van der Waals surface area contributed by atoms with Crippen molar-refractivity contribution in [2.75, 3.05) is 0 Å². The fourth-order valence-electron chi connectivity index (χ4n) is 2.62. The largest absolute Gasteiger partial charge is 0.308 e. The van der Waals surface area contributed by atoms with E-state index in [2.05, 4.69) is 25.1 Å². The normalized spacial score (nSPS) is 11.1. The van der Waals surface area contributed by atoms with Crippen molar-refractivity contribution >= 4 is 11.0 Å². The monoisotopic (exact) mass is 339 g/mol. The summed E-state index contributed by atoms with van der Waals surface area (Å²) in [6.45, 7) is 0. The van der Waals surface area contributed by atoms with Gasteiger partial charge in [-0.25, -0.2) is 13.8 Å². The molecule has 4 rings (SSSR count). The van der Waals surface area contributed by atoms with Gasteiger partial charge in [-0.3, -0.25) is 14.9 Å². The topological polar surface area (TPSA) is 87.3 Å². The zero-order chi connectivity index (χ0) is 17.4. The zero-order valence-corrected chi connectivity index (χ0v) is 12.8. The number of hydrogen-bond acceptors (Lipinski definition) is 4. The first-order valence-corrected chi connectivity index (χ1v) is 7.44. The summed E-state index contributed by atoms with van der Waals surface area (Å²) in [5.74, 6) is -1.24. The van der Waals surface area contributed by atoms with Crippen LogP contribution in [-0.4, -0.2) is 25.1 Å². The van der Waals surface area contributed by atoms with E-state index in [4.69, 9.17) is 0 Å². The van der Waals surface area contributed by atoms with Crippen molar-refractivity contribution in [1.82, 2.24) is 25.1 Å². The number of benzene rings is 1. The molecule has 4 aromatic rings. The molecule has 3 heterocycles. The summed E-state index contributed by atoms with van der Waals surface area (Å²) in [6, 6.07) is 7.12. The molecule has 6 nitrogen and oxygen atoms in total. The van der Waals surface area contributed by atoms with Crippen molar-refractivity contribution < 1.29 is 8.78 Å². The molecule has 1 aromatic carbocycles. The van der Waals surface area contributed by atoms with E-state index in [1.165, 1.54) is 6.07 Å². The second kappa shape index (κ2) is 5.90. The maximum atomic E-state index is 13.8. The lowest BCUT2D eigenvalue weighted by Crippen LogP contribution is -2.13. The van der Waals surface area contributed by atoms with Crippen LogP contribution in [0.4, 0.5) is 8.78 Å². The maximum Gasteiger partial charge on any atom is 0.276 e. The lowest BCUT2D eigenvalue weighted by atomic mass is 10.1. The molecule has 0 aliphatic carbocycles. The Morgan fingerprint density at radius 1 is 1.08 bits per heavy atom. The van der Waals surface area contributed by atoms with Gasteiger partial charge in [-0.05, 0) is 24.3 Å². The summed E-state index contributed by atoms with van der Waals surface area (Å²) >= 11 is 0. The number of hydrogen-bond donors (Lipinski definition) is 2. The molecule has 0 atom stereocenters. The van der Waals surface area contributed by atoms with Gasteiger partial charge in [-0.1, -0.05) is 6.07 Å². The Morgan fingerprint density at radius 2 is 1.88 bits per heavy atom. The van der Waals surface area contributed by atoms with Gasteiger partial charge >= 0.3 is 0 Å². The maximum absolute atomic E-state index is 13.8. The number of pyridine rings is 1. The fourth-order valence-corrected chi connectivity index (χ4v) is 2.62. The predicted molar refractivity (Wildman–Crippen MR) is 86.9 cm³/mol. The second-order valence-corrected chi connectivity index (χ2v) is 5.43. The highest BCUT2D eigenvalue weighted by Gasteiger charge is 2.16.